The number of nitrogens with two attached hydrogens (primary N) is 1. The first-order chi connectivity index (χ1) is 9.52. The fraction of sp³-hybridized carbons (Fsp3) is 0.133. The summed E-state index contributed by atoms with van der Waals surface area (Å²) in [6, 6.07) is 8.22. The van der Waals surface area contributed by atoms with Gasteiger partial charge in [-0.25, -0.2) is 8.78 Å². The number of Topliss-reactive ketones (excluding diaryl/α,β-unsaturated/α-hetero) is 1. The van der Waals surface area contributed by atoms with Crippen LogP contribution in [0.15, 0.2) is 36.4 Å². The molecule has 0 heterocycles. The number of rotatable bonds is 4. The Morgan fingerprint density at radius 3 is 2.60 bits per heavy atom. The van der Waals surface area contributed by atoms with Crippen molar-refractivity contribution in [2.24, 2.45) is 0 Å². The number of hydrogen-bond donors (Lipinski definition) is 1. The van der Waals surface area contributed by atoms with E-state index in [4.69, 9.17) is 10.5 Å². The maximum absolute atomic E-state index is 13.1. The van der Waals surface area contributed by atoms with E-state index < -0.39 is 11.6 Å². The third-order valence-corrected chi connectivity index (χ3v) is 2.94. The summed E-state index contributed by atoms with van der Waals surface area (Å²) in [4.78, 5) is 12.1. The van der Waals surface area contributed by atoms with Gasteiger partial charge in [-0.05, 0) is 29.8 Å². The third kappa shape index (κ3) is 2.77. The van der Waals surface area contributed by atoms with Crippen molar-refractivity contribution in [1.29, 1.82) is 0 Å². The Hall–Kier alpha value is -2.43. The van der Waals surface area contributed by atoms with Crippen molar-refractivity contribution < 1.29 is 18.3 Å². The second-order valence-electron chi connectivity index (χ2n) is 4.27. The normalized spacial score (nSPS) is 10.3. The molecule has 3 nitrogen and oxygen atoms in total. The number of benzene rings is 2. The van der Waals surface area contributed by atoms with Crippen LogP contribution in [0.5, 0.6) is 5.75 Å². The summed E-state index contributed by atoms with van der Waals surface area (Å²) in [6.45, 7) is 0. The lowest BCUT2D eigenvalue weighted by Gasteiger charge is -2.09. The highest BCUT2D eigenvalue weighted by molar-refractivity contribution is 6.03. The number of hydrogen-bond acceptors (Lipinski definition) is 3. The number of ketones is 1. The fourth-order valence-corrected chi connectivity index (χ4v) is 1.90. The number of carbonyl (C=O) groups excluding carboxylic acids is 1. The van der Waals surface area contributed by atoms with Gasteiger partial charge in [-0.15, -0.1) is 0 Å². The van der Waals surface area contributed by atoms with E-state index >= 15 is 0 Å². The van der Waals surface area contributed by atoms with E-state index in [0.717, 1.165) is 12.1 Å². The number of methoxy groups -OCH3 is 1. The molecule has 5 heteroatoms. The SMILES string of the molecule is COc1cccc(C(=O)Cc2ccc(F)c(F)c2)c1N. The van der Waals surface area contributed by atoms with E-state index in [9.17, 15) is 13.6 Å². The molecule has 0 saturated heterocycles. The number of para-hydroxylation sites is 1. The maximum atomic E-state index is 13.1. The minimum absolute atomic E-state index is 0.0609. The van der Waals surface area contributed by atoms with Crippen molar-refractivity contribution in [3.8, 4) is 5.75 Å². The topological polar surface area (TPSA) is 52.3 Å². The van der Waals surface area contributed by atoms with Crippen molar-refractivity contribution in [1.82, 2.24) is 0 Å². The van der Waals surface area contributed by atoms with E-state index in [1.165, 1.54) is 13.2 Å². The van der Waals surface area contributed by atoms with Crippen LogP contribution in [-0.4, -0.2) is 12.9 Å². The minimum Gasteiger partial charge on any atom is -0.495 e. The summed E-state index contributed by atoms with van der Waals surface area (Å²) in [5.74, 6) is -1.80. The van der Waals surface area contributed by atoms with Gasteiger partial charge in [-0.1, -0.05) is 12.1 Å². The van der Waals surface area contributed by atoms with Crippen LogP contribution in [0.4, 0.5) is 14.5 Å². The lowest BCUT2D eigenvalue weighted by atomic mass is 10.0. The van der Waals surface area contributed by atoms with E-state index in [2.05, 4.69) is 0 Å². The van der Waals surface area contributed by atoms with E-state index in [0.29, 0.717) is 16.9 Å². The van der Waals surface area contributed by atoms with Crippen LogP contribution in [-0.2, 0) is 6.42 Å². The van der Waals surface area contributed by atoms with Crippen molar-refractivity contribution in [2.75, 3.05) is 12.8 Å². The molecule has 2 aromatic carbocycles. The Morgan fingerprint density at radius 2 is 1.95 bits per heavy atom. The predicted molar refractivity (Wildman–Crippen MR) is 71.8 cm³/mol. The second-order valence-corrected chi connectivity index (χ2v) is 4.27. The Bertz CT molecular complexity index is 656. The van der Waals surface area contributed by atoms with Crippen molar-refractivity contribution >= 4 is 11.5 Å². The van der Waals surface area contributed by atoms with Crippen molar-refractivity contribution in [3.63, 3.8) is 0 Å². The van der Waals surface area contributed by atoms with E-state index in [-0.39, 0.29) is 17.9 Å². The zero-order valence-corrected chi connectivity index (χ0v) is 10.8. The van der Waals surface area contributed by atoms with Gasteiger partial charge < -0.3 is 10.5 Å². The van der Waals surface area contributed by atoms with Crippen LogP contribution in [0.25, 0.3) is 0 Å². The van der Waals surface area contributed by atoms with E-state index in [1.807, 2.05) is 0 Å². The lowest BCUT2D eigenvalue weighted by Crippen LogP contribution is -2.08. The molecule has 0 fully saturated rings. The molecule has 2 N–H and O–H groups in total. The Morgan fingerprint density at radius 1 is 1.20 bits per heavy atom. The summed E-state index contributed by atoms with van der Waals surface area (Å²) < 4.78 is 31.0. The quantitative estimate of drug-likeness (QED) is 0.690. The van der Waals surface area contributed by atoms with Gasteiger partial charge >= 0.3 is 0 Å². The summed E-state index contributed by atoms with van der Waals surface area (Å²) in [7, 11) is 1.45. The molecule has 0 aliphatic carbocycles. The molecule has 20 heavy (non-hydrogen) atoms. The maximum Gasteiger partial charge on any atom is 0.169 e. The first-order valence-electron chi connectivity index (χ1n) is 5.92. The van der Waals surface area contributed by atoms with Crippen LogP contribution in [0.3, 0.4) is 0 Å². The zero-order valence-electron chi connectivity index (χ0n) is 10.8. The standard InChI is InChI=1S/C15H13F2NO2/c1-20-14-4-2-3-10(15(14)18)13(19)8-9-5-6-11(16)12(17)7-9/h2-7H,8,18H2,1H3. The molecule has 0 aliphatic heterocycles. The smallest absolute Gasteiger partial charge is 0.169 e. The van der Waals surface area contributed by atoms with Gasteiger partial charge in [0.15, 0.2) is 17.4 Å². The molecular formula is C15H13F2NO2. The van der Waals surface area contributed by atoms with Crippen molar-refractivity contribution in [2.45, 2.75) is 6.42 Å². The molecule has 0 unspecified atom stereocenters. The zero-order chi connectivity index (χ0) is 14.7. The van der Waals surface area contributed by atoms with Crippen molar-refractivity contribution in [3.05, 3.63) is 59.2 Å². The summed E-state index contributed by atoms with van der Waals surface area (Å²) >= 11 is 0. The summed E-state index contributed by atoms with van der Waals surface area (Å²) in [6.07, 6.45) is -0.0609. The first-order valence-corrected chi connectivity index (χ1v) is 5.92. The van der Waals surface area contributed by atoms with Gasteiger partial charge in [-0.3, -0.25) is 4.79 Å². The molecule has 0 radical (unpaired) electrons. The van der Waals surface area contributed by atoms with Crippen LogP contribution < -0.4 is 10.5 Å². The monoisotopic (exact) mass is 277 g/mol. The van der Waals surface area contributed by atoms with Gasteiger partial charge in [0.25, 0.3) is 0 Å². The molecule has 2 aromatic rings. The molecule has 0 atom stereocenters. The second kappa shape index (κ2) is 5.69. The lowest BCUT2D eigenvalue weighted by molar-refractivity contribution is 0.0993. The average molecular weight is 277 g/mol. The summed E-state index contributed by atoms with van der Waals surface area (Å²) in [5, 5.41) is 0. The minimum atomic E-state index is -0.978. The molecule has 0 saturated carbocycles. The van der Waals surface area contributed by atoms with Gasteiger partial charge in [0.1, 0.15) is 5.75 Å². The highest BCUT2D eigenvalue weighted by Crippen LogP contribution is 2.26. The van der Waals surface area contributed by atoms with Gasteiger partial charge in [-0.2, -0.15) is 0 Å². The number of nitrogen functional groups attached to an aromatic ring is 1. The predicted octanol–water partition coefficient (Wildman–Crippen LogP) is 2.98. The molecule has 0 spiro atoms. The number of carbonyl (C=O) groups is 1. The van der Waals surface area contributed by atoms with Crippen LogP contribution in [0.2, 0.25) is 0 Å². The number of ether oxygens (including phenoxy) is 1. The van der Waals surface area contributed by atoms with Gasteiger partial charge in [0.2, 0.25) is 0 Å². The van der Waals surface area contributed by atoms with Crippen LogP contribution in [0.1, 0.15) is 15.9 Å². The Labute approximate surface area is 115 Å². The summed E-state index contributed by atoms with van der Waals surface area (Å²) in [5.41, 5.74) is 6.75. The highest BCUT2D eigenvalue weighted by Gasteiger charge is 2.14. The number of anilines is 1. The van der Waals surface area contributed by atoms with Gasteiger partial charge in [0.05, 0.1) is 12.8 Å². The molecule has 0 aromatic heterocycles. The Balaban J connectivity index is 2.26. The van der Waals surface area contributed by atoms with Gasteiger partial charge in [0, 0.05) is 12.0 Å². The third-order valence-electron chi connectivity index (χ3n) is 2.94. The van der Waals surface area contributed by atoms with Crippen LogP contribution in [0, 0.1) is 11.6 Å². The first kappa shape index (κ1) is 14.0. The largest absolute Gasteiger partial charge is 0.495 e. The van der Waals surface area contributed by atoms with Crippen LogP contribution >= 0.6 is 0 Å². The molecule has 0 amide bonds. The molecule has 0 aliphatic rings. The fourth-order valence-electron chi connectivity index (χ4n) is 1.90. The average Bonchev–Trinajstić information content (AvgIpc) is 2.43. The molecular weight excluding hydrogens is 264 g/mol. The molecule has 2 rings (SSSR count). The Kier molecular flexibility index (Phi) is 3.98. The van der Waals surface area contributed by atoms with E-state index in [1.54, 1.807) is 18.2 Å². The number of halogens is 2. The molecule has 0 bridgehead atoms. The highest BCUT2D eigenvalue weighted by atomic mass is 19.2. The molecule has 104 valence electrons.